The Hall–Kier alpha value is -5.91. The molecule has 5 N–H and O–H groups in total. The minimum absolute atomic E-state index is 0.0241. The monoisotopic (exact) mass is 891 g/mol. The van der Waals surface area contributed by atoms with Crippen LogP contribution in [0, 0.1) is 23.5 Å². The van der Waals surface area contributed by atoms with Gasteiger partial charge in [-0.25, -0.2) is 17.2 Å². The van der Waals surface area contributed by atoms with Crippen molar-refractivity contribution < 1.29 is 51.0 Å². The highest BCUT2D eigenvalue weighted by Crippen LogP contribution is 2.30. The number of sulfonamides is 1. The summed E-state index contributed by atoms with van der Waals surface area (Å²) in [6.07, 6.45) is -0.672. The van der Waals surface area contributed by atoms with Gasteiger partial charge in [0.05, 0.1) is 36.7 Å². The number of halogens is 2. The SMILES string of the molecule is CC(C)[C@H](NC(=O)[C@@H](C[C@H](O)[C@H](COc1cc(F)cc(F)c1)NC(=O)c1cc(C(=O)N[C@H](C)c2ccccc2)cc(N(C)S(C)(=O)=O)c1)OCC1CC1)C(=O)NCc1ccccc1. The van der Waals surface area contributed by atoms with Crippen LogP contribution >= 0.6 is 0 Å². The molecule has 4 amide bonds. The summed E-state index contributed by atoms with van der Waals surface area (Å²) >= 11 is 0. The normalized spacial score (nSPS) is 15.0. The van der Waals surface area contributed by atoms with E-state index in [0.29, 0.717) is 6.07 Å². The van der Waals surface area contributed by atoms with Crippen molar-refractivity contribution in [2.75, 3.05) is 30.8 Å². The Morgan fingerprint density at radius 1 is 0.810 bits per heavy atom. The maximum atomic E-state index is 14.2. The van der Waals surface area contributed by atoms with Crippen LogP contribution in [0.5, 0.6) is 5.75 Å². The second kappa shape index (κ2) is 21.9. The number of aliphatic hydroxyl groups is 1. The molecule has 0 saturated heterocycles. The fraction of sp³-hybridized carbons (Fsp3) is 0.391. The van der Waals surface area contributed by atoms with E-state index in [1.807, 2.05) is 60.7 Å². The van der Waals surface area contributed by atoms with Crippen LogP contribution in [0.15, 0.2) is 97.1 Å². The van der Waals surface area contributed by atoms with Gasteiger partial charge in [-0.3, -0.25) is 23.5 Å². The summed E-state index contributed by atoms with van der Waals surface area (Å²) in [6.45, 7) is 5.12. The van der Waals surface area contributed by atoms with Crippen molar-refractivity contribution in [1.82, 2.24) is 21.3 Å². The Morgan fingerprint density at radius 3 is 1.97 bits per heavy atom. The second-order valence-electron chi connectivity index (χ2n) is 16.1. The molecule has 0 aliphatic heterocycles. The molecule has 1 aliphatic carbocycles. The van der Waals surface area contributed by atoms with Gasteiger partial charge in [-0.15, -0.1) is 0 Å². The van der Waals surface area contributed by atoms with Crippen molar-refractivity contribution in [3.05, 3.63) is 131 Å². The van der Waals surface area contributed by atoms with Crippen LogP contribution in [0.25, 0.3) is 0 Å². The van der Waals surface area contributed by atoms with E-state index in [-0.39, 0.29) is 47.6 Å². The summed E-state index contributed by atoms with van der Waals surface area (Å²) in [5, 5.41) is 22.9. The molecule has 0 bridgehead atoms. The summed E-state index contributed by atoms with van der Waals surface area (Å²) in [7, 11) is -2.63. The van der Waals surface area contributed by atoms with Gasteiger partial charge in [0.1, 0.15) is 36.1 Å². The standard InChI is InChI=1S/C46H55F2N5O9S/c1-28(2)42(46(58)49-25-30-12-8-6-9-13-30)52-45(57)41(62-26-31-16-17-31)24-40(54)39(27-61-38-22-35(47)21-36(48)23-38)51-44(56)34-18-33(19-37(20-34)53(4)63(5,59)60)43(55)50-29(3)32-14-10-7-11-15-32/h6-15,18-23,28-29,31,39-42,54H,16-17,24-27H2,1-5H3,(H,49,58)(H,50,55)(H,51,56)(H,52,57)/t29-,39+,40+,41-,42+/m1/s1. The highest BCUT2D eigenvalue weighted by molar-refractivity contribution is 7.92. The number of hydrogen-bond acceptors (Lipinski definition) is 9. The summed E-state index contributed by atoms with van der Waals surface area (Å²) in [5.74, 6) is -4.95. The van der Waals surface area contributed by atoms with Crippen molar-refractivity contribution in [1.29, 1.82) is 0 Å². The number of carbonyl (C=O) groups is 4. The van der Waals surface area contributed by atoms with Crippen LogP contribution in [-0.2, 0) is 30.9 Å². The summed E-state index contributed by atoms with van der Waals surface area (Å²) in [4.78, 5) is 55.1. The highest BCUT2D eigenvalue weighted by atomic mass is 32.2. The number of aliphatic hydroxyl groups excluding tert-OH is 1. The van der Waals surface area contributed by atoms with E-state index in [1.165, 1.54) is 25.2 Å². The minimum atomic E-state index is -3.88. The number of nitrogens with zero attached hydrogens (tertiary/aromatic N) is 1. The van der Waals surface area contributed by atoms with E-state index < -0.39 is 88.6 Å². The van der Waals surface area contributed by atoms with Gasteiger partial charge in [-0.2, -0.15) is 0 Å². The molecule has 0 heterocycles. The topological polar surface area (TPSA) is 192 Å². The first-order chi connectivity index (χ1) is 29.9. The first-order valence-electron chi connectivity index (χ1n) is 20.6. The third-order valence-corrected chi connectivity index (χ3v) is 11.7. The molecule has 338 valence electrons. The highest BCUT2D eigenvalue weighted by Gasteiger charge is 2.35. The van der Waals surface area contributed by atoms with Crippen molar-refractivity contribution >= 4 is 39.3 Å². The van der Waals surface area contributed by atoms with Crippen LogP contribution in [0.1, 0.15) is 77.9 Å². The second-order valence-corrected chi connectivity index (χ2v) is 18.1. The summed E-state index contributed by atoms with van der Waals surface area (Å²) in [6, 6.07) is 21.7. The van der Waals surface area contributed by atoms with E-state index in [9.17, 15) is 41.5 Å². The zero-order valence-corrected chi connectivity index (χ0v) is 36.7. The van der Waals surface area contributed by atoms with Crippen LogP contribution < -0.4 is 30.3 Å². The fourth-order valence-corrected chi connectivity index (χ4v) is 6.99. The molecule has 14 nitrogen and oxygen atoms in total. The molecule has 17 heteroatoms. The van der Waals surface area contributed by atoms with Gasteiger partial charge in [0.2, 0.25) is 21.8 Å². The summed E-state index contributed by atoms with van der Waals surface area (Å²) in [5.41, 5.74) is 1.38. The molecule has 5 rings (SSSR count). The molecule has 0 spiro atoms. The van der Waals surface area contributed by atoms with Gasteiger partial charge in [0.25, 0.3) is 11.8 Å². The predicted molar refractivity (Wildman–Crippen MR) is 233 cm³/mol. The molecule has 0 unspecified atom stereocenters. The third kappa shape index (κ3) is 14.6. The molecular weight excluding hydrogens is 837 g/mol. The van der Waals surface area contributed by atoms with E-state index >= 15 is 0 Å². The number of hydrogen-bond donors (Lipinski definition) is 5. The predicted octanol–water partition coefficient (Wildman–Crippen LogP) is 5.03. The molecule has 63 heavy (non-hydrogen) atoms. The maximum Gasteiger partial charge on any atom is 0.251 e. The zero-order chi connectivity index (χ0) is 45.8. The van der Waals surface area contributed by atoms with Gasteiger partial charge >= 0.3 is 0 Å². The Bertz CT molecular complexity index is 2300. The van der Waals surface area contributed by atoms with Crippen LogP contribution in [0.4, 0.5) is 14.5 Å². The molecular formula is C46H55F2N5O9S. The molecule has 0 radical (unpaired) electrons. The van der Waals surface area contributed by atoms with E-state index in [1.54, 1.807) is 20.8 Å². The average Bonchev–Trinajstić information content (AvgIpc) is 4.08. The Kier molecular flexibility index (Phi) is 16.8. The minimum Gasteiger partial charge on any atom is -0.491 e. The molecule has 4 aromatic carbocycles. The Labute approximate surface area is 366 Å². The number of nitrogens with one attached hydrogen (secondary N) is 4. The van der Waals surface area contributed by atoms with Crippen LogP contribution in [-0.4, -0.2) is 88.0 Å². The molecule has 1 saturated carbocycles. The lowest BCUT2D eigenvalue weighted by Crippen LogP contribution is -2.54. The van der Waals surface area contributed by atoms with Gasteiger partial charge in [-0.05, 0) is 60.9 Å². The van der Waals surface area contributed by atoms with Crippen LogP contribution in [0.3, 0.4) is 0 Å². The van der Waals surface area contributed by atoms with Crippen LogP contribution in [0.2, 0.25) is 0 Å². The van der Waals surface area contributed by atoms with Crippen molar-refractivity contribution in [3.63, 3.8) is 0 Å². The van der Waals surface area contributed by atoms with Crippen molar-refractivity contribution in [2.24, 2.45) is 11.8 Å². The molecule has 1 fully saturated rings. The quantitative estimate of drug-likeness (QED) is 0.0720. The largest absolute Gasteiger partial charge is 0.491 e. The number of anilines is 1. The zero-order valence-electron chi connectivity index (χ0n) is 35.8. The Balaban J connectivity index is 1.41. The molecule has 1 aliphatic rings. The van der Waals surface area contributed by atoms with Gasteiger partial charge in [0.15, 0.2) is 0 Å². The van der Waals surface area contributed by atoms with Gasteiger partial charge in [0, 0.05) is 49.3 Å². The molecule has 4 aromatic rings. The fourth-order valence-electron chi connectivity index (χ4n) is 6.50. The van der Waals surface area contributed by atoms with Gasteiger partial charge < -0.3 is 35.8 Å². The van der Waals surface area contributed by atoms with Gasteiger partial charge in [-0.1, -0.05) is 74.5 Å². The molecule has 0 aromatic heterocycles. The smallest absolute Gasteiger partial charge is 0.251 e. The Morgan fingerprint density at radius 2 is 1.40 bits per heavy atom. The maximum absolute atomic E-state index is 14.2. The number of benzene rings is 4. The van der Waals surface area contributed by atoms with Crippen molar-refractivity contribution in [2.45, 2.75) is 76.9 Å². The first kappa shape index (κ1) is 48.1. The van der Waals surface area contributed by atoms with E-state index in [0.717, 1.165) is 46.7 Å². The number of ether oxygens (including phenoxy) is 2. The lowest BCUT2D eigenvalue weighted by molar-refractivity contribution is -0.139. The summed E-state index contributed by atoms with van der Waals surface area (Å²) < 4.78 is 66.2. The van der Waals surface area contributed by atoms with E-state index in [2.05, 4.69) is 21.3 Å². The van der Waals surface area contributed by atoms with E-state index in [4.69, 9.17) is 9.47 Å². The lowest BCUT2D eigenvalue weighted by Gasteiger charge is -2.29. The third-order valence-electron chi connectivity index (χ3n) is 10.5. The molecule has 5 atom stereocenters. The first-order valence-corrected chi connectivity index (χ1v) is 22.5. The number of carbonyl (C=O) groups excluding carboxylic acids is 4. The number of amides is 4. The van der Waals surface area contributed by atoms with Crippen molar-refractivity contribution in [3.8, 4) is 5.75 Å². The lowest BCUT2D eigenvalue weighted by atomic mass is 10.00. The average molecular weight is 892 g/mol. The number of rotatable bonds is 22.